The first-order chi connectivity index (χ1) is 13.0. The average Bonchev–Trinajstić information content (AvgIpc) is 3.11. The van der Waals surface area contributed by atoms with Gasteiger partial charge in [-0.05, 0) is 25.0 Å². The highest BCUT2D eigenvalue weighted by Crippen LogP contribution is 2.33. The summed E-state index contributed by atoms with van der Waals surface area (Å²) in [5.41, 5.74) is 2.31. The van der Waals surface area contributed by atoms with Crippen LogP contribution in [0.15, 0.2) is 48.5 Å². The van der Waals surface area contributed by atoms with Gasteiger partial charge in [-0.1, -0.05) is 50.2 Å². The van der Waals surface area contributed by atoms with Gasteiger partial charge in [-0.15, -0.1) is 0 Å². The lowest BCUT2D eigenvalue weighted by Gasteiger charge is -2.37. The van der Waals surface area contributed by atoms with E-state index in [1.807, 2.05) is 59.0 Å². The highest BCUT2D eigenvalue weighted by molar-refractivity contribution is 5.92. The van der Waals surface area contributed by atoms with Gasteiger partial charge in [0.15, 0.2) is 11.6 Å². The second kappa shape index (κ2) is 6.95. The molecule has 3 heterocycles. The Kier molecular flexibility index (Phi) is 4.48. The van der Waals surface area contributed by atoms with Crippen LogP contribution in [0.2, 0.25) is 0 Å². The highest BCUT2D eigenvalue weighted by atomic mass is 16.2. The number of rotatable bonds is 3. The monoisotopic (exact) mass is 361 g/mol. The third kappa shape index (κ3) is 3.23. The quantitative estimate of drug-likeness (QED) is 0.716. The van der Waals surface area contributed by atoms with Gasteiger partial charge >= 0.3 is 0 Å². The molecule has 1 amide bonds. The van der Waals surface area contributed by atoms with Crippen LogP contribution in [0.4, 0.5) is 0 Å². The van der Waals surface area contributed by atoms with Gasteiger partial charge < -0.3 is 4.90 Å². The Morgan fingerprint density at radius 3 is 2.52 bits per heavy atom. The predicted molar refractivity (Wildman–Crippen MR) is 103 cm³/mol. The highest BCUT2D eigenvalue weighted by Gasteiger charge is 2.36. The normalized spacial score (nSPS) is 16.4. The van der Waals surface area contributed by atoms with Crippen molar-refractivity contribution in [1.82, 2.24) is 24.6 Å². The molecular weight excluding hydrogens is 338 g/mol. The first-order valence-corrected chi connectivity index (χ1v) is 9.29. The maximum absolute atomic E-state index is 13.2. The number of pyridine rings is 1. The van der Waals surface area contributed by atoms with Crippen LogP contribution in [0.5, 0.6) is 0 Å². The standard InChI is InChI=1S/C21H23N5O/c1-14(2)18-20-23-19(16-9-5-4-6-10-16)24-26(20)13-12-25(18)21(27)17-11-7-8-15(3)22-17/h4-11,14,18H,12-13H2,1-3H3/t18-/m0/s1. The van der Waals surface area contributed by atoms with E-state index in [0.29, 0.717) is 24.6 Å². The molecular formula is C21H23N5O. The summed E-state index contributed by atoms with van der Waals surface area (Å²) in [6.07, 6.45) is 0. The molecule has 0 saturated carbocycles. The van der Waals surface area contributed by atoms with E-state index < -0.39 is 0 Å². The van der Waals surface area contributed by atoms with Crippen LogP contribution in [-0.4, -0.2) is 37.1 Å². The lowest BCUT2D eigenvalue weighted by Crippen LogP contribution is -2.45. The number of carbonyl (C=O) groups is 1. The molecule has 6 heteroatoms. The molecule has 0 aliphatic carbocycles. The molecule has 1 atom stereocenters. The van der Waals surface area contributed by atoms with Crippen molar-refractivity contribution >= 4 is 5.91 Å². The Balaban J connectivity index is 1.71. The molecule has 2 aromatic heterocycles. The van der Waals surface area contributed by atoms with E-state index in [-0.39, 0.29) is 17.9 Å². The van der Waals surface area contributed by atoms with E-state index in [9.17, 15) is 4.79 Å². The topological polar surface area (TPSA) is 63.9 Å². The van der Waals surface area contributed by atoms with E-state index in [4.69, 9.17) is 4.98 Å². The molecule has 0 spiro atoms. The number of amides is 1. The number of aromatic nitrogens is 4. The summed E-state index contributed by atoms with van der Waals surface area (Å²) in [7, 11) is 0. The Morgan fingerprint density at radius 1 is 1.04 bits per heavy atom. The summed E-state index contributed by atoms with van der Waals surface area (Å²) in [6, 6.07) is 15.4. The number of aryl methyl sites for hydroxylation is 1. The molecule has 4 rings (SSSR count). The maximum Gasteiger partial charge on any atom is 0.273 e. The molecule has 1 aromatic carbocycles. The van der Waals surface area contributed by atoms with Crippen LogP contribution in [0.25, 0.3) is 11.4 Å². The molecule has 1 aliphatic heterocycles. The molecule has 0 unspecified atom stereocenters. The lowest BCUT2D eigenvalue weighted by atomic mass is 9.99. The Labute approximate surface area is 158 Å². The van der Waals surface area contributed by atoms with Crippen LogP contribution in [0.1, 0.15) is 41.9 Å². The van der Waals surface area contributed by atoms with E-state index in [2.05, 4.69) is 23.9 Å². The van der Waals surface area contributed by atoms with Crippen LogP contribution in [0, 0.1) is 12.8 Å². The molecule has 0 fully saturated rings. The zero-order chi connectivity index (χ0) is 19.0. The van der Waals surface area contributed by atoms with Gasteiger partial charge in [0.1, 0.15) is 5.69 Å². The number of carbonyl (C=O) groups excluding carboxylic acids is 1. The van der Waals surface area contributed by atoms with Crippen molar-refractivity contribution in [2.24, 2.45) is 5.92 Å². The molecule has 0 saturated heterocycles. The van der Waals surface area contributed by atoms with Gasteiger partial charge in [-0.3, -0.25) is 4.79 Å². The second-order valence-electron chi connectivity index (χ2n) is 7.23. The second-order valence-corrected chi connectivity index (χ2v) is 7.23. The fourth-order valence-corrected chi connectivity index (χ4v) is 3.62. The van der Waals surface area contributed by atoms with Crippen molar-refractivity contribution in [3.05, 3.63) is 65.7 Å². The molecule has 3 aromatic rings. The molecule has 0 bridgehead atoms. The van der Waals surface area contributed by atoms with Crippen molar-refractivity contribution in [3.63, 3.8) is 0 Å². The van der Waals surface area contributed by atoms with Crippen molar-refractivity contribution in [3.8, 4) is 11.4 Å². The summed E-state index contributed by atoms with van der Waals surface area (Å²) < 4.78 is 1.94. The first kappa shape index (κ1) is 17.4. The number of hydrogen-bond donors (Lipinski definition) is 0. The minimum absolute atomic E-state index is 0.0482. The molecule has 27 heavy (non-hydrogen) atoms. The van der Waals surface area contributed by atoms with E-state index >= 15 is 0 Å². The molecule has 0 N–H and O–H groups in total. The Bertz CT molecular complexity index is 964. The van der Waals surface area contributed by atoms with Gasteiger partial charge in [-0.2, -0.15) is 5.10 Å². The molecule has 138 valence electrons. The Morgan fingerprint density at radius 2 is 1.81 bits per heavy atom. The molecule has 0 radical (unpaired) electrons. The third-order valence-corrected chi connectivity index (χ3v) is 4.89. The van der Waals surface area contributed by atoms with Crippen LogP contribution in [-0.2, 0) is 6.54 Å². The van der Waals surface area contributed by atoms with Gasteiger partial charge in [-0.25, -0.2) is 14.6 Å². The summed E-state index contributed by atoms with van der Waals surface area (Å²) >= 11 is 0. The number of fused-ring (bicyclic) bond motifs is 1. The van der Waals surface area contributed by atoms with Gasteiger partial charge in [0, 0.05) is 17.8 Å². The minimum atomic E-state index is -0.126. The number of benzene rings is 1. The maximum atomic E-state index is 13.2. The van der Waals surface area contributed by atoms with Crippen molar-refractivity contribution in [2.75, 3.05) is 6.54 Å². The van der Waals surface area contributed by atoms with Gasteiger partial charge in [0.25, 0.3) is 5.91 Å². The van der Waals surface area contributed by atoms with E-state index in [1.54, 1.807) is 6.07 Å². The van der Waals surface area contributed by atoms with Crippen LogP contribution >= 0.6 is 0 Å². The van der Waals surface area contributed by atoms with Crippen molar-refractivity contribution in [1.29, 1.82) is 0 Å². The van der Waals surface area contributed by atoms with Crippen molar-refractivity contribution < 1.29 is 4.79 Å². The van der Waals surface area contributed by atoms with Crippen LogP contribution in [0.3, 0.4) is 0 Å². The number of nitrogens with zero attached hydrogens (tertiary/aromatic N) is 5. The molecule has 1 aliphatic rings. The van der Waals surface area contributed by atoms with Gasteiger partial charge in [0.2, 0.25) is 0 Å². The smallest absolute Gasteiger partial charge is 0.273 e. The first-order valence-electron chi connectivity index (χ1n) is 9.29. The molecule has 6 nitrogen and oxygen atoms in total. The van der Waals surface area contributed by atoms with Crippen LogP contribution < -0.4 is 0 Å². The average molecular weight is 361 g/mol. The fraction of sp³-hybridized carbons (Fsp3) is 0.333. The Hall–Kier alpha value is -3.02. The summed E-state index contributed by atoms with van der Waals surface area (Å²) in [5.74, 6) is 1.72. The predicted octanol–water partition coefficient (Wildman–Crippen LogP) is 3.50. The zero-order valence-electron chi connectivity index (χ0n) is 15.8. The minimum Gasteiger partial charge on any atom is -0.325 e. The largest absolute Gasteiger partial charge is 0.325 e. The zero-order valence-corrected chi connectivity index (χ0v) is 15.8. The third-order valence-electron chi connectivity index (χ3n) is 4.89. The summed E-state index contributed by atoms with van der Waals surface area (Å²) in [6.45, 7) is 7.36. The fourth-order valence-electron chi connectivity index (χ4n) is 3.62. The SMILES string of the molecule is Cc1cccc(C(=O)N2CCn3nc(-c4ccccc4)nc3[C@@H]2C(C)C)n1. The van der Waals surface area contributed by atoms with E-state index in [0.717, 1.165) is 17.1 Å². The lowest BCUT2D eigenvalue weighted by molar-refractivity contribution is 0.0530. The number of hydrogen-bond acceptors (Lipinski definition) is 4. The van der Waals surface area contributed by atoms with Crippen molar-refractivity contribution in [2.45, 2.75) is 33.4 Å². The summed E-state index contributed by atoms with van der Waals surface area (Å²) in [5, 5.41) is 4.69. The van der Waals surface area contributed by atoms with E-state index in [1.165, 1.54) is 0 Å². The van der Waals surface area contributed by atoms with Gasteiger partial charge in [0.05, 0.1) is 12.6 Å². The summed E-state index contributed by atoms with van der Waals surface area (Å²) in [4.78, 5) is 24.3.